The molecule has 1 amide bonds. The Morgan fingerprint density at radius 1 is 1.17 bits per heavy atom. The van der Waals surface area contributed by atoms with Crippen LogP contribution in [0.4, 0.5) is 5.69 Å². The average molecular weight is 447 g/mol. The molecule has 1 aromatic heterocycles. The summed E-state index contributed by atoms with van der Waals surface area (Å²) in [5, 5.41) is 2.07. The molecule has 0 saturated carbocycles. The van der Waals surface area contributed by atoms with Crippen LogP contribution in [0.25, 0.3) is 11.3 Å². The molecule has 6 nitrogen and oxygen atoms in total. The highest BCUT2D eigenvalue weighted by Crippen LogP contribution is 2.32. The van der Waals surface area contributed by atoms with E-state index in [1.807, 2.05) is 31.2 Å². The van der Waals surface area contributed by atoms with Crippen molar-refractivity contribution in [1.29, 1.82) is 0 Å². The first-order valence-corrected chi connectivity index (χ1v) is 11.4. The fourth-order valence-electron chi connectivity index (χ4n) is 2.84. The number of sulfone groups is 1. The van der Waals surface area contributed by atoms with Gasteiger partial charge < -0.3 is 9.73 Å². The van der Waals surface area contributed by atoms with Gasteiger partial charge in [0.05, 0.1) is 22.2 Å². The zero-order chi connectivity index (χ0) is 21.9. The summed E-state index contributed by atoms with van der Waals surface area (Å²) in [6.07, 6.45) is 1.99. The highest BCUT2D eigenvalue weighted by Gasteiger charge is 2.26. The Labute approximate surface area is 181 Å². The number of anilines is 1. The predicted octanol–water partition coefficient (Wildman–Crippen LogP) is 5.06. The second-order valence-corrected chi connectivity index (χ2v) is 10.1. The van der Waals surface area contributed by atoms with Crippen LogP contribution >= 0.6 is 11.6 Å². The van der Waals surface area contributed by atoms with Crippen molar-refractivity contribution in [1.82, 2.24) is 4.98 Å². The topological polar surface area (TPSA) is 89.3 Å². The molecule has 0 spiro atoms. The lowest BCUT2D eigenvalue weighted by molar-refractivity contribution is -0.116. The molecule has 158 valence electrons. The average Bonchev–Trinajstić information content (AvgIpc) is 3.16. The minimum atomic E-state index is -3.66. The van der Waals surface area contributed by atoms with Crippen molar-refractivity contribution in [3.05, 3.63) is 65.1 Å². The van der Waals surface area contributed by atoms with Crippen LogP contribution in [0.1, 0.15) is 31.7 Å². The molecule has 0 aliphatic heterocycles. The van der Waals surface area contributed by atoms with E-state index in [-0.39, 0.29) is 34.4 Å². The molecule has 0 atom stereocenters. The predicted molar refractivity (Wildman–Crippen MR) is 117 cm³/mol. The molecule has 30 heavy (non-hydrogen) atoms. The SMILES string of the molecule is Cc1ccc(-c2cnc(CCC(=O)Nc3cccc(Cl)c3S(=O)(=O)C(C)C)o2)cc1. The summed E-state index contributed by atoms with van der Waals surface area (Å²) in [7, 11) is -3.66. The van der Waals surface area contributed by atoms with E-state index in [9.17, 15) is 13.2 Å². The fraction of sp³-hybridized carbons (Fsp3) is 0.273. The molecule has 0 unspecified atom stereocenters. The highest BCUT2D eigenvalue weighted by molar-refractivity contribution is 7.92. The molecular weight excluding hydrogens is 424 g/mol. The van der Waals surface area contributed by atoms with Crippen LogP contribution < -0.4 is 5.32 Å². The van der Waals surface area contributed by atoms with Gasteiger partial charge >= 0.3 is 0 Å². The van der Waals surface area contributed by atoms with Crippen molar-refractivity contribution in [2.24, 2.45) is 0 Å². The van der Waals surface area contributed by atoms with Gasteiger partial charge in [0.15, 0.2) is 21.5 Å². The smallest absolute Gasteiger partial charge is 0.224 e. The second kappa shape index (κ2) is 9.02. The van der Waals surface area contributed by atoms with E-state index < -0.39 is 15.1 Å². The third kappa shape index (κ3) is 4.91. The van der Waals surface area contributed by atoms with Crippen molar-refractivity contribution >= 4 is 33.0 Å². The maximum absolute atomic E-state index is 12.6. The molecule has 0 aliphatic carbocycles. The van der Waals surface area contributed by atoms with E-state index in [1.165, 1.54) is 12.1 Å². The normalized spacial score (nSPS) is 11.6. The highest BCUT2D eigenvalue weighted by atomic mass is 35.5. The van der Waals surface area contributed by atoms with Crippen LogP contribution in [-0.4, -0.2) is 24.6 Å². The van der Waals surface area contributed by atoms with E-state index in [4.69, 9.17) is 16.0 Å². The van der Waals surface area contributed by atoms with Crippen molar-refractivity contribution < 1.29 is 17.6 Å². The lowest BCUT2D eigenvalue weighted by atomic mass is 10.1. The molecule has 8 heteroatoms. The number of halogens is 1. The Hall–Kier alpha value is -2.64. The van der Waals surface area contributed by atoms with Crippen molar-refractivity contribution in [2.75, 3.05) is 5.32 Å². The zero-order valence-electron chi connectivity index (χ0n) is 17.0. The van der Waals surface area contributed by atoms with Gasteiger partial charge in [-0.15, -0.1) is 0 Å². The van der Waals surface area contributed by atoms with Crippen LogP contribution in [-0.2, 0) is 21.1 Å². The third-order valence-electron chi connectivity index (χ3n) is 4.60. The Bertz CT molecular complexity index is 1150. The summed E-state index contributed by atoms with van der Waals surface area (Å²) in [5.41, 5.74) is 2.23. The molecule has 0 fully saturated rings. The number of aromatic nitrogens is 1. The second-order valence-electron chi connectivity index (χ2n) is 7.24. The van der Waals surface area contributed by atoms with Gasteiger partial charge in [-0.25, -0.2) is 13.4 Å². The number of nitrogens with one attached hydrogen (secondary N) is 1. The van der Waals surface area contributed by atoms with E-state index in [0.717, 1.165) is 11.1 Å². The number of carbonyl (C=O) groups excluding carboxylic acids is 1. The number of carbonyl (C=O) groups is 1. The number of oxazole rings is 1. The van der Waals surface area contributed by atoms with E-state index >= 15 is 0 Å². The lowest BCUT2D eigenvalue weighted by Gasteiger charge is -2.15. The molecular formula is C22H23ClN2O4S. The van der Waals surface area contributed by atoms with Crippen LogP contribution in [0, 0.1) is 6.92 Å². The number of hydrogen-bond donors (Lipinski definition) is 1. The van der Waals surface area contributed by atoms with Crippen LogP contribution in [0.2, 0.25) is 5.02 Å². The zero-order valence-corrected chi connectivity index (χ0v) is 18.5. The third-order valence-corrected chi connectivity index (χ3v) is 7.28. The van der Waals surface area contributed by atoms with E-state index in [0.29, 0.717) is 11.7 Å². The van der Waals surface area contributed by atoms with E-state index in [2.05, 4.69) is 10.3 Å². The number of aryl methyl sites for hydroxylation is 2. The molecule has 1 N–H and O–H groups in total. The molecule has 3 rings (SSSR count). The minimum absolute atomic E-state index is 0.0622. The van der Waals surface area contributed by atoms with Gasteiger partial charge in [0.1, 0.15) is 4.90 Å². The van der Waals surface area contributed by atoms with Gasteiger partial charge in [-0.05, 0) is 32.9 Å². The van der Waals surface area contributed by atoms with Gasteiger partial charge in [-0.1, -0.05) is 47.5 Å². The summed E-state index contributed by atoms with van der Waals surface area (Å²) in [4.78, 5) is 16.6. The van der Waals surface area contributed by atoms with Gasteiger partial charge in [-0.2, -0.15) is 0 Å². The Morgan fingerprint density at radius 3 is 2.53 bits per heavy atom. The molecule has 0 bridgehead atoms. The molecule has 2 aromatic carbocycles. The van der Waals surface area contributed by atoms with Gasteiger partial charge in [0, 0.05) is 18.4 Å². The number of amides is 1. The number of benzene rings is 2. The standard InChI is InChI=1S/C22H23ClN2O4S/c1-14(2)30(27,28)22-17(23)5-4-6-18(22)25-20(26)11-12-21-24-13-19(29-21)16-9-7-15(3)8-10-16/h4-10,13-14H,11-12H2,1-3H3,(H,25,26). The largest absolute Gasteiger partial charge is 0.441 e. The van der Waals surface area contributed by atoms with Crippen molar-refractivity contribution in [3.63, 3.8) is 0 Å². The number of rotatable bonds is 7. The van der Waals surface area contributed by atoms with Crippen LogP contribution in [0.5, 0.6) is 0 Å². The maximum Gasteiger partial charge on any atom is 0.224 e. The summed E-state index contributed by atoms with van der Waals surface area (Å²) in [6.45, 7) is 5.14. The fourth-order valence-corrected chi connectivity index (χ4v) is 4.58. The molecule has 0 saturated heterocycles. The lowest BCUT2D eigenvalue weighted by Crippen LogP contribution is -2.19. The molecule has 1 heterocycles. The number of nitrogens with zero attached hydrogens (tertiary/aromatic N) is 1. The molecule has 0 radical (unpaired) electrons. The Morgan fingerprint density at radius 2 is 1.87 bits per heavy atom. The van der Waals surface area contributed by atoms with Crippen LogP contribution in [0.3, 0.4) is 0 Å². The summed E-state index contributed by atoms with van der Waals surface area (Å²) in [6, 6.07) is 12.5. The summed E-state index contributed by atoms with van der Waals surface area (Å²) >= 11 is 6.13. The van der Waals surface area contributed by atoms with Gasteiger partial charge in [0.25, 0.3) is 0 Å². The Balaban J connectivity index is 1.69. The van der Waals surface area contributed by atoms with Crippen molar-refractivity contribution in [3.8, 4) is 11.3 Å². The summed E-state index contributed by atoms with van der Waals surface area (Å²) in [5.74, 6) is 0.708. The minimum Gasteiger partial charge on any atom is -0.441 e. The maximum atomic E-state index is 12.6. The van der Waals surface area contributed by atoms with Gasteiger partial charge in [0.2, 0.25) is 5.91 Å². The first-order chi connectivity index (χ1) is 14.2. The van der Waals surface area contributed by atoms with Crippen molar-refractivity contribution in [2.45, 2.75) is 43.8 Å². The first-order valence-electron chi connectivity index (χ1n) is 9.52. The van der Waals surface area contributed by atoms with Crippen LogP contribution in [0.15, 0.2) is 58.0 Å². The Kier molecular flexibility index (Phi) is 6.63. The molecule has 3 aromatic rings. The first kappa shape index (κ1) is 22.1. The molecule has 0 aliphatic rings. The van der Waals surface area contributed by atoms with E-state index in [1.54, 1.807) is 26.1 Å². The number of hydrogen-bond acceptors (Lipinski definition) is 5. The van der Waals surface area contributed by atoms with Gasteiger partial charge in [-0.3, -0.25) is 4.79 Å². The quantitative estimate of drug-likeness (QED) is 0.548. The summed E-state index contributed by atoms with van der Waals surface area (Å²) < 4.78 is 31.0. The monoisotopic (exact) mass is 446 g/mol.